The summed E-state index contributed by atoms with van der Waals surface area (Å²) in [7, 11) is 1.65. The molecule has 1 amide bonds. The van der Waals surface area contributed by atoms with Crippen LogP contribution in [0.2, 0.25) is 5.02 Å². The van der Waals surface area contributed by atoms with Gasteiger partial charge in [0.1, 0.15) is 0 Å². The first-order valence-electron chi connectivity index (χ1n) is 9.34. The molecule has 1 aliphatic rings. The summed E-state index contributed by atoms with van der Waals surface area (Å²) in [6.07, 6.45) is 4.65. The molecule has 7 nitrogen and oxygen atoms in total. The van der Waals surface area contributed by atoms with Crippen LogP contribution in [0.25, 0.3) is 22.4 Å². The molecule has 3 N–H and O–H groups in total. The molecule has 2 heterocycles. The van der Waals surface area contributed by atoms with Crippen molar-refractivity contribution in [3.63, 3.8) is 0 Å². The fourth-order valence-corrected chi connectivity index (χ4v) is 3.66. The Labute approximate surface area is 172 Å². The predicted molar refractivity (Wildman–Crippen MR) is 113 cm³/mol. The number of anilines is 1. The second-order valence-electron chi connectivity index (χ2n) is 7.01. The van der Waals surface area contributed by atoms with Gasteiger partial charge >= 0.3 is 0 Å². The number of halogens is 1. The topological polar surface area (TPSA) is 99.8 Å². The fourth-order valence-electron chi connectivity index (χ4n) is 3.46. The van der Waals surface area contributed by atoms with Crippen molar-refractivity contribution in [2.24, 2.45) is 5.92 Å². The number of carbonyl (C=O) groups is 1. The quantitative estimate of drug-likeness (QED) is 0.601. The monoisotopic (exact) mass is 409 g/mol. The highest BCUT2D eigenvalue weighted by Crippen LogP contribution is 2.32. The van der Waals surface area contributed by atoms with E-state index in [0.29, 0.717) is 22.2 Å². The number of aromatic nitrogens is 3. The van der Waals surface area contributed by atoms with E-state index in [1.807, 2.05) is 24.3 Å². The van der Waals surface area contributed by atoms with Crippen molar-refractivity contribution in [2.45, 2.75) is 18.9 Å². The maximum Gasteiger partial charge on any atom is 0.255 e. The number of hydrogen-bond acceptors (Lipinski definition) is 5. The Kier molecular flexibility index (Phi) is 5.31. The summed E-state index contributed by atoms with van der Waals surface area (Å²) in [5.41, 5.74) is 2.57. The van der Waals surface area contributed by atoms with Gasteiger partial charge in [-0.3, -0.25) is 9.59 Å². The molecular weight excluding hydrogens is 390 g/mol. The number of nitrogens with one attached hydrogen (secondary N) is 3. The number of nitrogens with zero attached hydrogens (tertiary/aromatic N) is 2. The van der Waals surface area contributed by atoms with Crippen LogP contribution < -0.4 is 16.2 Å². The number of carbonyl (C=O) groups excluding carboxylic acids is 1. The van der Waals surface area contributed by atoms with Crippen LogP contribution in [0.4, 0.5) is 5.95 Å². The first-order chi connectivity index (χ1) is 14.0. The highest BCUT2D eigenvalue weighted by molar-refractivity contribution is 6.32. The number of pyridine rings is 1. The van der Waals surface area contributed by atoms with Crippen LogP contribution in [0.3, 0.4) is 0 Å². The molecule has 29 heavy (non-hydrogen) atoms. The summed E-state index contributed by atoms with van der Waals surface area (Å²) in [4.78, 5) is 35.3. The van der Waals surface area contributed by atoms with Crippen molar-refractivity contribution in [2.75, 3.05) is 12.4 Å². The SMILES string of the molecule is CNC(=O)C1CC(Nc2ncc(Cl)c(-c3cccc(-c4ccc[nH]c4=O)c3)n2)C1. The van der Waals surface area contributed by atoms with Gasteiger partial charge < -0.3 is 15.6 Å². The lowest BCUT2D eigenvalue weighted by atomic mass is 9.80. The van der Waals surface area contributed by atoms with Gasteiger partial charge in [0.05, 0.1) is 16.9 Å². The third kappa shape index (κ3) is 4.00. The maximum atomic E-state index is 12.1. The molecule has 8 heteroatoms. The molecule has 4 rings (SSSR count). The van der Waals surface area contributed by atoms with Crippen molar-refractivity contribution in [1.29, 1.82) is 0 Å². The smallest absolute Gasteiger partial charge is 0.255 e. The minimum Gasteiger partial charge on any atom is -0.359 e. The van der Waals surface area contributed by atoms with Gasteiger partial charge in [-0.25, -0.2) is 9.97 Å². The number of hydrogen-bond donors (Lipinski definition) is 3. The van der Waals surface area contributed by atoms with Crippen molar-refractivity contribution in [1.82, 2.24) is 20.3 Å². The van der Waals surface area contributed by atoms with Gasteiger partial charge in [0.15, 0.2) is 0 Å². The number of aromatic amines is 1. The molecular formula is C21H20ClN5O2. The van der Waals surface area contributed by atoms with Crippen LogP contribution >= 0.6 is 11.6 Å². The summed E-state index contributed by atoms with van der Waals surface area (Å²) in [6.45, 7) is 0. The summed E-state index contributed by atoms with van der Waals surface area (Å²) in [5, 5.41) is 6.36. The van der Waals surface area contributed by atoms with E-state index in [0.717, 1.165) is 24.0 Å². The third-order valence-corrected chi connectivity index (χ3v) is 5.37. The van der Waals surface area contributed by atoms with Gasteiger partial charge in [-0.1, -0.05) is 29.8 Å². The van der Waals surface area contributed by atoms with Crippen molar-refractivity contribution in [3.05, 3.63) is 64.2 Å². The van der Waals surface area contributed by atoms with E-state index in [9.17, 15) is 9.59 Å². The molecule has 0 aliphatic heterocycles. The van der Waals surface area contributed by atoms with Gasteiger partial charge in [-0.05, 0) is 36.6 Å². The van der Waals surface area contributed by atoms with Gasteiger partial charge in [0.2, 0.25) is 11.9 Å². The molecule has 1 saturated carbocycles. The van der Waals surface area contributed by atoms with Crippen LogP contribution in [0, 0.1) is 5.92 Å². The van der Waals surface area contributed by atoms with Crippen LogP contribution in [0.15, 0.2) is 53.6 Å². The molecule has 0 bridgehead atoms. The highest BCUT2D eigenvalue weighted by Gasteiger charge is 2.34. The molecule has 3 aromatic rings. The summed E-state index contributed by atoms with van der Waals surface area (Å²) >= 11 is 6.35. The Morgan fingerprint density at radius 3 is 2.76 bits per heavy atom. The Balaban J connectivity index is 1.57. The Morgan fingerprint density at radius 1 is 1.21 bits per heavy atom. The average Bonchev–Trinajstić information content (AvgIpc) is 2.71. The normalized spacial score (nSPS) is 18.0. The van der Waals surface area contributed by atoms with Crippen molar-refractivity contribution < 1.29 is 4.79 Å². The zero-order valence-corrected chi connectivity index (χ0v) is 16.5. The van der Waals surface area contributed by atoms with E-state index >= 15 is 0 Å². The van der Waals surface area contributed by atoms with Gasteiger partial charge in [0.25, 0.3) is 5.56 Å². The highest BCUT2D eigenvalue weighted by atomic mass is 35.5. The lowest BCUT2D eigenvalue weighted by molar-refractivity contribution is -0.127. The van der Waals surface area contributed by atoms with Crippen LogP contribution in [-0.4, -0.2) is 33.9 Å². The molecule has 1 fully saturated rings. The second-order valence-corrected chi connectivity index (χ2v) is 7.41. The predicted octanol–water partition coefficient (Wildman–Crippen LogP) is 3.09. The van der Waals surface area contributed by atoms with Crippen molar-refractivity contribution >= 4 is 23.5 Å². The van der Waals surface area contributed by atoms with E-state index in [1.54, 1.807) is 31.6 Å². The first-order valence-corrected chi connectivity index (χ1v) is 9.72. The minimum absolute atomic E-state index is 0.0323. The number of amides is 1. The van der Waals surface area contributed by atoms with Crippen LogP contribution in [-0.2, 0) is 4.79 Å². The minimum atomic E-state index is -0.156. The summed E-state index contributed by atoms with van der Waals surface area (Å²) in [6, 6.07) is 11.2. The molecule has 0 saturated heterocycles. The largest absolute Gasteiger partial charge is 0.359 e. The van der Waals surface area contributed by atoms with Gasteiger partial charge in [-0.15, -0.1) is 0 Å². The lowest BCUT2D eigenvalue weighted by Gasteiger charge is -2.34. The first kappa shape index (κ1) is 19.1. The molecule has 2 aromatic heterocycles. The Hall–Kier alpha value is -3.19. The summed E-state index contributed by atoms with van der Waals surface area (Å²) in [5.74, 6) is 0.561. The number of H-pyrrole nitrogens is 1. The molecule has 148 valence electrons. The Bertz CT molecular complexity index is 1110. The van der Waals surface area contributed by atoms with E-state index in [-0.39, 0.29) is 23.4 Å². The second kappa shape index (κ2) is 8.05. The molecule has 0 atom stereocenters. The molecule has 1 aliphatic carbocycles. The van der Waals surface area contributed by atoms with Gasteiger partial charge in [-0.2, -0.15) is 0 Å². The molecule has 1 aromatic carbocycles. The molecule has 0 spiro atoms. The zero-order valence-electron chi connectivity index (χ0n) is 15.8. The van der Waals surface area contributed by atoms with Gasteiger partial charge in [0, 0.05) is 36.3 Å². The van der Waals surface area contributed by atoms with Crippen LogP contribution in [0.1, 0.15) is 12.8 Å². The van der Waals surface area contributed by atoms with Crippen LogP contribution in [0.5, 0.6) is 0 Å². The summed E-state index contributed by atoms with van der Waals surface area (Å²) < 4.78 is 0. The van der Waals surface area contributed by atoms with E-state index < -0.39 is 0 Å². The van der Waals surface area contributed by atoms with Crippen molar-refractivity contribution in [3.8, 4) is 22.4 Å². The average molecular weight is 410 g/mol. The maximum absolute atomic E-state index is 12.1. The standard InChI is InChI=1S/C21H20ClN5O2/c1-23-19(28)14-9-15(10-14)26-21-25-11-17(22)18(27-21)13-5-2-4-12(8-13)16-6-3-7-24-20(16)29/h2-8,11,14-15H,9-10H2,1H3,(H,23,28)(H,24,29)(H,25,26,27). The fraction of sp³-hybridized carbons (Fsp3) is 0.238. The Morgan fingerprint density at radius 2 is 2.00 bits per heavy atom. The molecule has 0 radical (unpaired) electrons. The third-order valence-electron chi connectivity index (χ3n) is 5.10. The van der Waals surface area contributed by atoms with E-state index in [4.69, 9.17) is 11.6 Å². The number of rotatable bonds is 5. The zero-order chi connectivity index (χ0) is 20.4. The molecule has 0 unspecified atom stereocenters. The van der Waals surface area contributed by atoms with E-state index in [1.165, 1.54) is 0 Å². The lowest BCUT2D eigenvalue weighted by Crippen LogP contribution is -2.43. The van der Waals surface area contributed by atoms with E-state index in [2.05, 4.69) is 25.6 Å². The number of benzene rings is 1.